The van der Waals surface area contributed by atoms with Crippen molar-refractivity contribution in [1.82, 2.24) is 9.88 Å². The second kappa shape index (κ2) is 4.80. The molecule has 1 N–H and O–H groups in total. The third-order valence-electron chi connectivity index (χ3n) is 4.22. The number of fused-ring (bicyclic) bond motifs is 3. The largest absolute Gasteiger partial charge is 0.339 e. The second-order valence-electron chi connectivity index (χ2n) is 5.44. The SMILES string of the molecule is c1ccc(Cn2c3c(c4ccccc42)CCNC3)cc1. The summed E-state index contributed by atoms with van der Waals surface area (Å²) < 4.78 is 2.48. The Balaban J connectivity index is 1.89. The van der Waals surface area contributed by atoms with Crippen LogP contribution in [-0.4, -0.2) is 11.1 Å². The van der Waals surface area contributed by atoms with Gasteiger partial charge in [0, 0.05) is 29.7 Å². The number of hydrogen-bond donors (Lipinski definition) is 1. The highest BCUT2D eigenvalue weighted by molar-refractivity contribution is 5.86. The molecule has 2 aromatic carbocycles. The van der Waals surface area contributed by atoms with Crippen LogP contribution in [-0.2, 0) is 19.5 Å². The van der Waals surface area contributed by atoms with Crippen LogP contribution in [0.25, 0.3) is 10.9 Å². The van der Waals surface area contributed by atoms with Crippen LogP contribution >= 0.6 is 0 Å². The first-order chi connectivity index (χ1) is 9.93. The standard InChI is InChI=1S/C18H18N2/c1-2-6-14(7-3-1)13-20-17-9-5-4-8-15(17)16-10-11-19-12-18(16)20/h1-9,19H,10-13H2. The second-order valence-corrected chi connectivity index (χ2v) is 5.44. The van der Waals surface area contributed by atoms with E-state index in [1.807, 2.05) is 0 Å². The van der Waals surface area contributed by atoms with Crippen LogP contribution in [0.5, 0.6) is 0 Å². The third kappa shape index (κ3) is 1.84. The molecule has 1 aliphatic rings. The van der Waals surface area contributed by atoms with Crippen molar-refractivity contribution in [1.29, 1.82) is 0 Å². The monoisotopic (exact) mass is 262 g/mol. The van der Waals surface area contributed by atoms with Crippen molar-refractivity contribution in [2.45, 2.75) is 19.5 Å². The van der Waals surface area contributed by atoms with E-state index < -0.39 is 0 Å². The van der Waals surface area contributed by atoms with Crippen molar-refractivity contribution < 1.29 is 0 Å². The molecule has 2 nitrogen and oxygen atoms in total. The summed E-state index contributed by atoms with van der Waals surface area (Å²) in [7, 11) is 0. The number of para-hydroxylation sites is 1. The Kier molecular flexibility index (Phi) is 2.82. The van der Waals surface area contributed by atoms with Crippen LogP contribution in [0, 0.1) is 0 Å². The fourth-order valence-corrected chi connectivity index (χ4v) is 3.28. The van der Waals surface area contributed by atoms with Gasteiger partial charge in [-0.1, -0.05) is 48.5 Å². The average molecular weight is 262 g/mol. The van der Waals surface area contributed by atoms with E-state index in [4.69, 9.17) is 0 Å². The van der Waals surface area contributed by atoms with Crippen molar-refractivity contribution in [3.8, 4) is 0 Å². The zero-order valence-corrected chi connectivity index (χ0v) is 11.5. The maximum atomic E-state index is 3.51. The van der Waals surface area contributed by atoms with Gasteiger partial charge < -0.3 is 9.88 Å². The first-order valence-corrected chi connectivity index (χ1v) is 7.27. The molecule has 0 spiro atoms. The molecule has 0 unspecified atom stereocenters. The number of rotatable bonds is 2. The summed E-state index contributed by atoms with van der Waals surface area (Å²) in [5, 5.41) is 4.94. The summed E-state index contributed by atoms with van der Waals surface area (Å²) in [5.74, 6) is 0. The van der Waals surface area contributed by atoms with Gasteiger partial charge in [0.15, 0.2) is 0 Å². The number of aromatic nitrogens is 1. The molecule has 0 fully saturated rings. The Morgan fingerprint density at radius 1 is 0.950 bits per heavy atom. The summed E-state index contributed by atoms with van der Waals surface area (Å²) in [6.45, 7) is 3.03. The average Bonchev–Trinajstić information content (AvgIpc) is 2.84. The maximum Gasteiger partial charge on any atom is 0.0488 e. The van der Waals surface area contributed by atoms with E-state index in [0.29, 0.717) is 0 Å². The smallest absolute Gasteiger partial charge is 0.0488 e. The summed E-state index contributed by atoms with van der Waals surface area (Å²) in [4.78, 5) is 0. The Hall–Kier alpha value is -2.06. The van der Waals surface area contributed by atoms with Gasteiger partial charge in [0.1, 0.15) is 0 Å². The van der Waals surface area contributed by atoms with Crippen molar-refractivity contribution in [2.75, 3.05) is 6.54 Å². The van der Waals surface area contributed by atoms with Gasteiger partial charge in [-0.05, 0) is 30.2 Å². The van der Waals surface area contributed by atoms with E-state index in [0.717, 1.165) is 26.1 Å². The number of nitrogens with zero attached hydrogens (tertiary/aromatic N) is 1. The molecular weight excluding hydrogens is 244 g/mol. The van der Waals surface area contributed by atoms with Crippen molar-refractivity contribution in [3.63, 3.8) is 0 Å². The van der Waals surface area contributed by atoms with Gasteiger partial charge >= 0.3 is 0 Å². The highest BCUT2D eigenvalue weighted by atomic mass is 15.0. The van der Waals surface area contributed by atoms with Crippen LogP contribution < -0.4 is 5.32 Å². The lowest BCUT2D eigenvalue weighted by Gasteiger charge is -2.17. The molecule has 4 rings (SSSR count). The van der Waals surface area contributed by atoms with E-state index >= 15 is 0 Å². The molecular formula is C18H18N2. The quantitative estimate of drug-likeness (QED) is 0.749. The normalized spacial score (nSPS) is 14.4. The Morgan fingerprint density at radius 3 is 2.65 bits per heavy atom. The van der Waals surface area contributed by atoms with Crippen molar-refractivity contribution in [2.24, 2.45) is 0 Å². The first-order valence-electron chi connectivity index (χ1n) is 7.27. The highest BCUT2D eigenvalue weighted by Gasteiger charge is 2.19. The fourth-order valence-electron chi connectivity index (χ4n) is 3.28. The van der Waals surface area contributed by atoms with Gasteiger partial charge in [-0.3, -0.25) is 0 Å². The number of hydrogen-bond acceptors (Lipinski definition) is 1. The summed E-state index contributed by atoms with van der Waals surface area (Å²) >= 11 is 0. The van der Waals surface area contributed by atoms with Gasteiger partial charge in [0.05, 0.1) is 0 Å². The third-order valence-corrected chi connectivity index (χ3v) is 4.22. The Labute approximate surface area is 119 Å². The molecule has 0 bridgehead atoms. The zero-order valence-electron chi connectivity index (χ0n) is 11.5. The molecule has 0 radical (unpaired) electrons. The first kappa shape index (κ1) is 11.7. The van der Waals surface area contributed by atoms with Crippen LogP contribution in [0.3, 0.4) is 0 Å². The van der Waals surface area contributed by atoms with E-state index in [9.17, 15) is 0 Å². The van der Waals surface area contributed by atoms with Crippen LogP contribution in [0.4, 0.5) is 0 Å². The van der Waals surface area contributed by atoms with E-state index in [2.05, 4.69) is 64.5 Å². The molecule has 1 aliphatic heterocycles. The molecule has 0 saturated carbocycles. The molecule has 0 aliphatic carbocycles. The highest BCUT2D eigenvalue weighted by Crippen LogP contribution is 2.29. The zero-order chi connectivity index (χ0) is 13.4. The molecule has 2 heteroatoms. The number of nitrogens with one attached hydrogen (secondary N) is 1. The Bertz CT molecular complexity index is 741. The minimum Gasteiger partial charge on any atom is -0.339 e. The lowest BCUT2D eigenvalue weighted by molar-refractivity contribution is 0.602. The molecule has 20 heavy (non-hydrogen) atoms. The lowest BCUT2D eigenvalue weighted by atomic mass is 10.1. The van der Waals surface area contributed by atoms with Crippen LogP contribution in [0.15, 0.2) is 54.6 Å². The minimum atomic E-state index is 0.957. The molecule has 0 saturated heterocycles. The van der Waals surface area contributed by atoms with E-state index in [1.165, 1.54) is 27.7 Å². The number of benzene rings is 2. The van der Waals surface area contributed by atoms with Gasteiger partial charge in [-0.15, -0.1) is 0 Å². The van der Waals surface area contributed by atoms with Gasteiger partial charge in [-0.25, -0.2) is 0 Å². The predicted octanol–water partition coefficient (Wildman–Crippen LogP) is 3.34. The molecule has 3 aromatic rings. The van der Waals surface area contributed by atoms with E-state index in [-0.39, 0.29) is 0 Å². The topological polar surface area (TPSA) is 17.0 Å². The fraction of sp³-hybridized carbons (Fsp3) is 0.222. The summed E-state index contributed by atoms with van der Waals surface area (Å²) in [5.41, 5.74) is 5.73. The molecule has 1 aromatic heterocycles. The predicted molar refractivity (Wildman–Crippen MR) is 82.9 cm³/mol. The lowest BCUT2D eigenvalue weighted by Crippen LogP contribution is -2.25. The van der Waals surface area contributed by atoms with E-state index in [1.54, 1.807) is 0 Å². The minimum absolute atomic E-state index is 0.957. The van der Waals surface area contributed by atoms with Gasteiger partial charge in [-0.2, -0.15) is 0 Å². The van der Waals surface area contributed by atoms with Crippen molar-refractivity contribution >= 4 is 10.9 Å². The van der Waals surface area contributed by atoms with Gasteiger partial charge in [0.25, 0.3) is 0 Å². The van der Waals surface area contributed by atoms with Crippen LogP contribution in [0.2, 0.25) is 0 Å². The summed E-state index contributed by atoms with van der Waals surface area (Å²) in [6.07, 6.45) is 1.14. The van der Waals surface area contributed by atoms with Crippen molar-refractivity contribution in [3.05, 3.63) is 71.4 Å². The molecule has 0 atom stereocenters. The Morgan fingerprint density at radius 2 is 1.75 bits per heavy atom. The molecule has 0 amide bonds. The molecule has 2 heterocycles. The summed E-state index contributed by atoms with van der Waals surface area (Å²) in [6, 6.07) is 19.5. The van der Waals surface area contributed by atoms with Crippen LogP contribution in [0.1, 0.15) is 16.8 Å². The maximum absolute atomic E-state index is 3.51. The molecule has 100 valence electrons. The van der Waals surface area contributed by atoms with Gasteiger partial charge in [0.2, 0.25) is 0 Å².